The summed E-state index contributed by atoms with van der Waals surface area (Å²) in [6, 6.07) is 13.6. The molecule has 0 fully saturated rings. The van der Waals surface area contributed by atoms with Gasteiger partial charge in [-0.1, -0.05) is 11.6 Å². The lowest BCUT2D eigenvalue weighted by molar-refractivity contribution is -0.114. The van der Waals surface area contributed by atoms with Gasteiger partial charge in [-0.25, -0.2) is 25.6 Å². The minimum atomic E-state index is -4.01. The zero-order chi connectivity index (χ0) is 25.1. The third-order valence-corrected chi connectivity index (χ3v) is 7.21. The van der Waals surface area contributed by atoms with Crippen molar-refractivity contribution in [3.8, 4) is 0 Å². The number of amides is 1. The Hall–Kier alpha value is -3.22. The average Bonchev–Trinajstić information content (AvgIpc) is 2.75. The van der Waals surface area contributed by atoms with E-state index in [2.05, 4.69) is 10.0 Å². The van der Waals surface area contributed by atoms with Crippen molar-refractivity contribution < 1.29 is 30.4 Å². The lowest BCUT2D eigenvalue weighted by atomic mass is 10.3. The van der Waals surface area contributed by atoms with E-state index < -0.39 is 44.1 Å². The summed E-state index contributed by atoms with van der Waals surface area (Å²) in [5.74, 6) is -3.22. The van der Waals surface area contributed by atoms with Gasteiger partial charge in [0, 0.05) is 22.5 Å². The SMILES string of the molecule is CS(=O)(=O)N(CC(=O)Nc1ccc(S(=O)(=O)Nc2ccc(Cl)cc2)cc1)c1ccc(F)c(F)c1. The molecule has 0 radical (unpaired) electrons. The van der Waals surface area contributed by atoms with E-state index >= 15 is 0 Å². The van der Waals surface area contributed by atoms with E-state index in [1.807, 2.05) is 0 Å². The number of benzene rings is 3. The first-order chi connectivity index (χ1) is 15.8. The lowest BCUT2D eigenvalue weighted by Gasteiger charge is -2.22. The molecule has 3 aromatic carbocycles. The minimum Gasteiger partial charge on any atom is -0.325 e. The number of nitrogens with one attached hydrogen (secondary N) is 2. The van der Waals surface area contributed by atoms with E-state index in [1.54, 1.807) is 0 Å². The van der Waals surface area contributed by atoms with Crippen LogP contribution in [-0.2, 0) is 24.8 Å². The molecule has 0 aromatic heterocycles. The predicted molar refractivity (Wildman–Crippen MR) is 126 cm³/mol. The molecule has 0 aliphatic carbocycles. The summed E-state index contributed by atoms with van der Waals surface area (Å²) in [5.41, 5.74) is 0.264. The molecule has 0 atom stereocenters. The first-order valence-electron chi connectivity index (χ1n) is 9.46. The van der Waals surface area contributed by atoms with Crippen molar-refractivity contribution in [1.82, 2.24) is 0 Å². The maximum absolute atomic E-state index is 13.5. The summed E-state index contributed by atoms with van der Waals surface area (Å²) in [5, 5.41) is 2.88. The van der Waals surface area contributed by atoms with Crippen LogP contribution < -0.4 is 14.3 Å². The highest BCUT2D eigenvalue weighted by molar-refractivity contribution is 7.92. The van der Waals surface area contributed by atoms with Crippen LogP contribution >= 0.6 is 11.6 Å². The number of anilines is 3. The highest BCUT2D eigenvalue weighted by Crippen LogP contribution is 2.22. The van der Waals surface area contributed by atoms with Gasteiger partial charge in [-0.3, -0.25) is 13.8 Å². The van der Waals surface area contributed by atoms with Crippen LogP contribution in [0.2, 0.25) is 5.02 Å². The van der Waals surface area contributed by atoms with E-state index in [1.165, 1.54) is 48.5 Å². The summed E-state index contributed by atoms with van der Waals surface area (Å²) in [7, 11) is -7.92. The molecule has 13 heteroatoms. The van der Waals surface area contributed by atoms with Gasteiger partial charge in [-0.15, -0.1) is 0 Å². The number of hydrogen-bond acceptors (Lipinski definition) is 5. The molecule has 0 spiro atoms. The Balaban J connectivity index is 1.71. The molecule has 0 bridgehead atoms. The quantitative estimate of drug-likeness (QED) is 0.460. The van der Waals surface area contributed by atoms with Crippen molar-refractivity contribution in [3.05, 3.63) is 83.4 Å². The van der Waals surface area contributed by atoms with E-state index in [-0.39, 0.29) is 16.3 Å². The highest BCUT2D eigenvalue weighted by Gasteiger charge is 2.22. The molecule has 0 aliphatic rings. The van der Waals surface area contributed by atoms with Crippen molar-refractivity contribution in [3.63, 3.8) is 0 Å². The summed E-state index contributed by atoms with van der Waals surface area (Å²) in [6.45, 7) is -0.720. The molecule has 3 aromatic rings. The van der Waals surface area contributed by atoms with Gasteiger partial charge in [-0.2, -0.15) is 0 Å². The Morgan fingerprint density at radius 3 is 2.03 bits per heavy atom. The van der Waals surface area contributed by atoms with Gasteiger partial charge in [0.05, 0.1) is 16.8 Å². The van der Waals surface area contributed by atoms with E-state index in [0.29, 0.717) is 21.1 Å². The van der Waals surface area contributed by atoms with Gasteiger partial charge in [0.25, 0.3) is 10.0 Å². The molecule has 0 heterocycles. The van der Waals surface area contributed by atoms with Gasteiger partial charge in [0.1, 0.15) is 6.54 Å². The van der Waals surface area contributed by atoms with E-state index in [9.17, 15) is 30.4 Å². The number of carbonyl (C=O) groups is 1. The molecule has 0 saturated carbocycles. The number of halogens is 3. The van der Waals surface area contributed by atoms with Gasteiger partial charge in [0.15, 0.2) is 11.6 Å². The number of carbonyl (C=O) groups excluding carboxylic acids is 1. The fourth-order valence-corrected chi connectivity index (χ4v) is 4.85. The third kappa shape index (κ3) is 6.43. The molecular formula is C21H18ClF2N3O5S2. The topological polar surface area (TPSA) is 113 Å². The normalized spacial score (nSPS) is 11.6. The van der Waals surface area contributed by atoms with Crippen LogP contribution in [0.4, 0.5) is 25.8 Å². The molecule has 34 heavy (non-hydrogen) atoms. The first kappa shape index (κ1) is 25.4. The summed E-state index contributed by atoms with van der Waals surface area (Å²) in [4.78, 5) is 12.3. The predicted octanol–water partition coefficient (Wildman–Crippen LogP) is 3.82. The molecule has 0 saturated heterocycles. The maximum atomic E-state index is 13.5. The van der Waals surface area contributed by atoms with Crippen molar-refractivity contribution >= 4 is 54.6 Å². The second kappa shape index (κ2) is 9.95. The first-order valence-corrected chi connectivity index (χ1v) is 13.2. The van der Waals surface area contributed by atoms with Crippen molar-refractivity contribution in [2.24, 2.45) is 0 Å². The molecule has 1 amide bonds. The number of nitrogens with zero attached hydrogens (tertiary/aromatic N) is 1. The Labute approximate surface area is 200 Å². The largest absolute Gasteiger partial charge is 0.325 e. The monoisotopic (exact) mass is 529 g/mol. The smallest absolute Gasteiger partial charge is 0.261 e. The zero-order valence-electron chi connectivity index (χ0n) is 17.5. The Morgan fingerprint density at radius 2 is 1.47 bits per heavy atom. The van der Waals surface area contributed by atoms with Crippen LogP contribution in [-0.4, -0.2) is 35.5 Å². The Bertz CT molecular complexity index is 1420. The molecule has 8 nitrogen and oxygen atoms in total. The summed E-state index contributed by atoms with van der Waals surface area (Å²) < 4.78 is 79.0. The highest BCUT2D eigenvalue weighted by atomic mass is 35.5. The molecule has 3 rings (SSSR count). The third-order valence-electron chi connectivity index (χ3n) is 4.42. The van der Waals surface area contributed by atoms with E-state index in [0.717, 1.165) is 18.4 Å². The molecule has 180 valence electrons. The van der Waals surface area contributed by atoms with Crippen LogP contribution in [0.15, 0.2) is 71.6 Å². The average molecular weight is 530 g/mol. The van der Waals surface area contributed by atoms with Crippen LogP contribution in [0.5, 0.6) is 0 Å². The lowest BCUT2D eigenvalue weighted by Crippen LogP contribution is -2.37. The second-order valence-electron chi connectivity index (χ2n) is 7.05. The molecule has 2 N–H and O–H groups in total. The van der Waals surface area contributed by atoms with Gasteiger partial charge in [-0.05, 0) is 60.7 Å². The van der Waals surface area contributed by atoms with Crippen LogP contribution in [0.3, 0.4) is 0 Å². The van der Waals surface area contributed by atoms with Gasteiger partial charge >= 0.3 is 0 Å². The summed E-state index contributed by atoms with van der Waals surface area (Å²) in [6.07, 6.45) is 0.814. The van der Waals surface area contributed by atoms with Crippen LogP contribution in [0.1, 0.15) is 0 Å². The second-order valence-corrected chi connectivity index (χ2v) is 11.1. The molecule has 0 aliphatic heterocycles. The van der Waals surface area contributed by atoms with E-state index in [4.69, 9.17) is 11.6 Å². The molecular weight excluding hydrogens is 512 g/mol. The fraction of sp³-hybridized carbons (Fsp3) is 0.0952. The number of rotatable bonds is 8. The fourth-order valence-electron chi connectivity index (χ4n) is 2.82. The van der Waals surface area contributed by atoms with Gasteiger partial charge < -0.3 is 5.32 Å². The standard InChI is InChI=1S/C21H18ClF2N3O5S2/c1-33(29,30)27(17-8-11-19(23)20(24)12-17)13-21(28)25-15-6-9-18(10-7-15)34(31,32)26-16-4-2-14(22)3-5-16/h2-12,26H,13H2,1H3,(H,25,28). The zero-order valence-corrected chi connectivity index (χ0v) is 19.9. The van der Waals surface area contributed by atoms with Crippen molar-refractivity contribution in [2.75, 3.05) is 27.1 Å². The van der Waals surface area contributed by atoms with Crippen LogP contribution in [0, 0.1) is 11.6 Å². The Kier molecular flexibility index (Phi) is 7.44. The number of hydrogen-bond donors (Lipinski definition) is 2. The van der Waals surface area contributed by atoms with Crippen molar-refractivity contribution in [1.29, 1.82) is 0 Å². The maximum Gasteiger partial charge on any atom is 0.261 e. The van der Waals surface area contributed by atoms with Crippen LogP contribution in [0.25, 0.3) is 0 Å². The van der Waals surface area contributed by atoms with Crippen molar-refractivity contribution in [2.45, 2.75) is 4.90 Å². The van der Waals surface area contributed by atoms with Gasteiger partial charge in [0.2, 0.25) is 15.9 Å². The Morgan fingerprint density at radius 1 is 0.882 bits per heavy atom. The molecule has 0 unspecified atom stereocenters. The summed E-state index contributed by atoms with van der Waals surface area (Å²) >= 11 is 5.78. The minimum absolute atomic E-state index is 0.0833. The number of sulfonamides is 2.